The number of benzene rings is 2. The molecule has 1 fully saturated rings. The molecule has 3 atom stereocenters. The number of anilines is 1. The summed E-state index contributed by atoms with van der Waals surface area (Å²) in [4.78, 5) is 42.6. The quantitative estimate of drug-likeness (QED) is 0.257. The molecular formula is C33H33Cl2N5O6. The Labute approximate surface area is 274 Å². The molecule has 1 aliphatic heterocycles. The van der Waals surface area contributed by atoms with E-state index in [4.69, 9.17) is 37.7 Å². The highest BCUT2D eigenvalue weighted by Crippen LogP contribution is 2.44. The van der Waals surface area contributed by atoms with Crippen molar-refractivity contribution in [1.29, 1.82) is 0 Å². The minimum Gasteiger partial charge on any atom is -0.481 e. The van der Waals surface area contributed by atoms with Crippen molar-refractivity contribution < 1.29 is 19.4 Å². The molecule has 13 heteroatoms. The van der Waals surface area contributed by atoms with E-state index in [1.807, 2.05) is 24.3 Å². The zero-order chi connectivity index (χ0) is 32.7. The van der Waals surface area contributed by atoms with E-state index in [0.717, 1.165) is 39.8 Å². The van der Waals surface area contributed by atoms with Gasteiger partial charge in [-0.25, -0.2) is 9.78 Å². The molecule has 240 valence electrons. The molecule has 4 aromatic rings. The zero-order valence-corrected chi connectivity index (χ0v) is 27.0. The van der Waals surface area contributed by atoms with E-state index < -0.39 is 23.3 Å². The number of carbonyl (C=O) groups is 1. The van der Waals surface area contributed by atoms with Gasteiger partial charge in [0.05, 0.1) is 47.3 Å². The molecule has 6 rings (SSSR count). The maximum Gasteiger partial charge on any atom is 0.330 e. The molecular weight excluding hydrogens is 633 g/mol. The van der Waals surface area contributed by atoms with Gasteiger partial charge >= 0.3 is 5.69 Å². The fourth-order valence-corrected chi connectivity index (χ4v) is 6.72. The number of aromatic nitrogens is 3. The number of hydrogen-bond acceptors (Lipinski definition) is 8. The summed E-state index contributed by atoms with van der Waals surface area (Å²) in [6, 6.07) is 12.2. The lowest BCUT2D eigenvalue weighted by Gasteiger charge is -2.21. The second-order valence-corrected chi connectivity index (χ2v) is 12.3. The minimum atomic E-state index is -0.723. The van der Waals surface area contributed by atoms with Crippen molar-refractivity contribution in [2.45, 2.75) is 25.0 Å². The molecule has 2 aromatic carbocycles. The molecule has 3 heterocycles. The number of nitrogens with one attached hydrogen (secondary N) is 2. The van der Waals surface area contributed by atoms with Gasteiger partial charge in [0.1, 0.15) is 5.56 Å². The summed E-state index contributed by atoms with van der Waals surface area (Å²) in [6.07, 6.45) is 1.98. The number of hydrogen-bond donors (Lipinski definition) is 3. The van der Waals surface area contributed by atoms with Crippen molar-refractivity contribution in [1.82, 2.24) is 19.4 Å². The number of halogens is 2. The number of rotatable bonds is 8. The highest BCUT2D eigenvalue weighted by atomic mass is 35.5. The first-order valence-corrected chi connectivity index (χ1v) is 15.6. The normalized spacial score (nSPS) is 18.9. The average Bonchev–Trinajstić information content (AvgIpc) is 3.68. The maximum atomic E-state index is 13.1. The number of aryl methyl sites for hydroxylation is 1. The van der Waals surface area contributed by atoms with Crippen LogP contribution in [0, 0.1) is 5.92 Å². The van der Waals surface area contributed by atoms with E-state index in [-0.39, 0.29) is 22.3 Å². The van der Waals surface area contributed by atoms with E-state index in [1.165, 1.54) is 20.3 Å². The number of methoxy groups -OCH3 is 1. The molecule has 46 heavy (non-hydrogen) atoms. The number of nitrogens with zero attached hydrogens (tertiary/aromatic N) is 3. The van der Waals surface area contributed by atoms with Crippen LogP contribution in [0.1, 0.15) is 33.9 Å². The average molecular weight is 667 g/mol. The second-order valence-electron chi connectivity index (χ2n) is 11.6. The third kappa shape index (κ3) is 5.85. The lowest BCUT2D eigenvalue weighted by Crippen LogP contribution is -2.40. The molecule has 0 spiro atoms. The summed E-state index contributed by atoms with van der Waals surface area (Å²) < 4.78 is 13.2. The number of carbonyl (C=O) groups excluding carboxylic acids is 1. The van der Waals surface area contributed by atoms with Crippen molar-refractivity contribution in [2.75, 3.05) is 32.2 Å². The first-order valence-electron chi connectivity index (χ1n) is 14.8. The van der Waals surface area contributed by atoms with E-state index >= 15 is 0 Å². The van der Waals surface area contributed by atoms with Crippen LogP contribution in [0.25, 0.3) is 22.4 Å². The lowest BCUT2D eigenvalue weighted by atomic mass is 9.99. The van der Waals surface area contributed by atoms with Crippen LogP contribution in [-0.2, 0) is 25.3 Å². The predicted molar refractivity (Wildman–Crippen MR) is 176 cm³/mol. The Morgan fingerprint density at radius 1 is 1.11 bits per heavy atom. The Hall–Kier alpha value is -4.00. The van der Waals surface area contributed by atoms with Crippen LogP contribution >= 0.6 is 23.2 Å². The topological polar surface area (TPSA) is 137 Å². The van der Waals surface area contributed by atoms with Crippen LogP contribution in [0.15, 0.2) is 58.3 Å². The van der Waals surface area contributed by atoms with Gasteiger partial charge in [0, 0.05) is 62.1 Å². The Kier molecular flexibility index (Phi) is 9.04. The van der Waals surface area contributed by atoms with E-state index in [0.29, 0.717) is 52.2 Å². The third-order valence-electron chi connectivity index (χ3n) is 8.58. The lowest BCUT2D eigenvalue weighted by molar-refractivity contribution is 0.102. The predicted octanol–water partition coefficient (Wildman–Crippen LogP) is 3.96. The fourth-order valence-electron chi connectivity index (χ4n) is 6.12. The van der Waals surface area contributed by atoms with Crippen molar-refractivity contribution in [3.8, 4) is 28.3 Å². The number of pyridine rings is 1. The van der Waals surface area contributed by atoms with Crippen LogP contribution in [0.5, 0.6) is 5.88 Å². The molecule has 2 aromatic heterocycles. The number of aliphatic hydroxyl groups excluding tert-OH is 1. The Bertz CT molecular complexity index is 1950. The Morgan fingerprint density at radius 3 is 2.54 bits per heavy atom. The summed E-state index contributed by atoms with van der Waals surface area (Å²) in [5, 5.41) is 17.8. The number of amides is 1. The largest absolute Gasteiger partial charge is 0.481 e. The molecule has 1 amide bonds. The van der Waals surface area contributed by atoms with Crippen molar-refractivity contribution in [3.05, 3.63) is 96.2 Å². The molecule has 1 aliphatic carbocycles. The summed E-state index contributed by atoms with van der Waals surface area (Å²) in [6.45, 7) is 2.19. The van der Waals surface area contributed by atoms with Gasteiger partial charge in [0.2, 0.25) is 5.88 Å². The SMILES string of the molecule is COc1nc(-c2cccc(-c3cccc(NC(=O)c4cn(C)c(=O)n(C)c4=O)c3Cl)c2Cl)cc2c1C(NCC1CCOC1)C(O)C2. The highest BCUT2D eigenvalue weighted by Gasteiger charge is 2.36. The molecule has 3 unspecified atom stereocenters. The molecule has 0 radical (unpaired) electrons. The molecule has 0 saturated carbocycles. The van der Waals surface area contributed by atoms with E-state index in [1.54, 1.807) is 25.3 Å². The first kappa shape index (κ1) is 32.0. The van der Waals surface area contributed by atoms with Crippen LogP contribution in [0.4, 0.5) is 5.69 Å². The van der Waals surface area contributed by atoms with Crippen LogP contribution in [-0.4, -0.2) is 58.1 Å². The summed E-state index contributed by atoms with van der Waals surface area (Å²) >= 11 is 13.8. The second kappa shape index (κ2) is 13.0. The van der Waals surface area contributed by atoms with Gasteiger partial charge in [-0.05, 0) is 30.0 Å². The van der Waals surface area contributed by atoms with E-state index in [9.17, 15) is 19.5 Å². The van der Waals surface area contributed by atoms with Crippen molar-refractivity contribution >= 4 is 34.8 Å². The monoisotopic (exact) mass is 665 g/mol. The van der Waals surface area contributed by atoms with Crippen LogP contribution < -0.4 is 26.6 Å². The van der Waals surface area contributed by atoms with Gasteiger partial charge in [-0.15, -0.1) is 0 Å². The Balaban J connectivity index is 1.32. The van der Waals surface area contributed by atoms with Crippen LogP contribution in [0.3, 0.4) is 0 Å². The van der Waals surface area contributed by atoms with Crippen molar-refractivity contribution in [2.24, 2.45) is 20.0 Å². The third-order valence-corrected chi connectivity index (χ3v) is 9.40. The smallest absolute Gasteiger partial charge is 0.330 e. The molecule has 0 bridgehead atoms. The number of ether oxygens (including phenoxy) is 2. The van der Waals surface area contributed by atoms with Gasteiger partial charge in [-0.1, -0.05) is 53.5 Å². The van der Waals surface area contributed by atoms with Gasteiger partial charge in [-0.3, -0.25) is 14.2 Å². The molecule has 1 saturated heterocycles. The van der Waals surface area contributed by atoms with E-state index in [2.05, 4.69) is 10.6 Å². The van der Waals surface area contributed by atoms with Crippen molar-refractivity contribution in [3.63, 3.8) is 0 Å². The molecule has 3 N–H and O–H groups in total. The number of aliphatic hydroxyl groups is 1. The maximum absolute atomic E-state index is 13.1. The van der Waals surface area contributed by atoms with Gasteiger partial charge in [0.15, 0.2) is 0 Å². The Morgan fingerprint density at radius 2 is 1.83 bits per heavy atom. The first-order chi connectivity index (χ1) is 22.1. The summed E-state index contributed by atoms with van der Waals surface area (Å²) in [7, 11) is 4.32. The van der Waals surface area contributed by atoms with Crippen LogP contribution in [0.2, 0.25) is 10.0 Å². The standard InChI is InChI=1S/C33H33Cl2N5O6/c1-39-15-22(32(43)40(2)33(39)44)30(42)37-23-9-5-7-20(28(23)35)19-6-4-8-21(27(19)34)24-12-18-13-25(41)29(26(18)31(38-24)45-3)36-14-17-10-11-46-16-17/h4-9,12,15,17,25,29,36,41H,10-11,13-14,16H2,1-3H3,(H,37,42). The van der Waals surface area contributed by atoms with Gasteiger partial charge < -0.3 is 29.8 Å². The highest BCUT2D eigenvalue weighted by molar-refractivity contribution is 6.39. The minimum absolute atomic E-state index is 0.209. The molecule has 2 aliphatic rings. The summed E-state index contributed by atoms with van der Waals surface area (Å²) in [5.41, 5.74) is 2.88. The van der Waals surface area contributed by atoms with Gasteiger partial charge in [-0.2, -0.15) is 0 Å². The number of fused-ring (bicyclic) bond motifs is 1. The molecule has 11 nitrogen and oxygen atoms in total. The van der Waals surface area contributed by atoms with Gasteiger partial charge in [0.25, 0.3) is 11.5 Å². The fraction of sp³-hybridized carbons (Fsp3) is 0.333. The zero-order valence-electron chi connectivity index (χ0n) is 25.5. The summed E-state index contributed by atoms with van der Waals surface area (Å²) in [5.74, 6) is 0.102.